The average Bonchev–Trinajstić information content (AvgIpc) is 2.19. The number of aldehydes is 1. The highest BCUT2D eigenvalue weighted by atomic mass is 35.5. The van der Waals surface area contributed by atoms with Crippen LogP contribution >= 0.6 is 11.6 Å². The van der Waals surface area contributed by atoms with Crippen molar-refractivity contribution in [3.63, 3.8) is 0 Å². The Hall–Kier alpha value is -1.33. The van der Waals surface area contributed by atoms with E-state index in [-0.39, 0.29) is 0 Å². The molecule has 0 bridgehead atoms. The summed E-state index contributed by atoms with van der Waals surface area (Å²) in [4.78, 5) is 14.2. The SMILES string of the molecule is O=Cc1cncc(C#CCCCl)c1. The largest absolute Gasteiger partial charge is 0.298 e. The number of pyridine rings is 1. The molecular weight excluding hydrogens is 186 g/mol. The van der Waals surface area contributed by atoms with E-state index in [2.05, 4.69) is 16.8 Å². The predicted molar refractivity (Wildman–Crippen MR) is 51.8 cm³/mol. The van der Waals surface area contributed by atoms with Gasteiger partial charge in [0.25, 0.3) is 0 Å². The molecule has 0 saturated heterocycles. The van der Waals surface area contributed by atoms with Crippen LogP contribution in [0, 0.1) is 11.8 Å². The van der Waals surface area contributed by atoms with Gasteiger partial charge in [-0.05, 0) is 6.07 Å². The van der Waals surface area contributed by atoms with Crippen molar-refractivity contribution < 1.29 is 4.79 Å². The Morgan fingerprint density at radius 3 is 3.08 bits per heavy atom. The van der Waals surface area contributed by atoms with Crippen LogP contribution in [-0.4, -0.2) is 17.2 Å². The number of aromatic nitrogens is 1. The Morgan fingerprint density at radius 2 is 2.38 bits per heavy atom. The van der Waals surface area contributed by atoms with Crippen LogP contribution in [0.15, 0.2) is 18.5 Å². The lowest BCUT2D eigenvalue weighted by atomic mass is 10.2. The van der Waals surface area contributed by atoms with E-state index in [9.17, 15) is 4.79 Å². The number of nitrogens with zero attached hydrogens (tertiary/aromatic N) is 1. The van der Waals surface area contributed by atoms with E-state index < -0.39 is 0 Å². The van der Waals surface area contributed by atoms with E-state index in [1.165, 1.54) is 6.20 Å². The summed E-state index contributed by atoms with van der Waals surface area (Å²) in [7, 11) is 0. The number of halogens is 1. The minimum Gasteiger partial charge on any atom is -0.298 e. The van der Waals surface area contributed by atoms with Crippen molar-refractivity contribution in [2.24, 2.45) is 0 Å². The second-order valence-corrected chi connectivity index (χ2v) is 2.74. The third kappa shape index (κ3) is 3.27. The standard InChI is InChI=1S/C10H8ClNO/c11-4-2-1-3-9-5-10(8-13)7-12-6-9/h5-8H,2,4H2. The Morgan fingerprint density at radius 1 is 1.54 bits per heavy atom. The molecule has 0 aromatic carbocycles. The number of hydrogen-bond donors (Lipinski definition) is 0. The molecule has 0 aliphatic carbocycles. The fraction of sp³-hybridized carbons (Fsp3) is 0.200. The fourth-order valence-electron chi connectivity index (χ4n) is 0.802. The Bertz CT molecular complexity index is 351. The van der Waals surface area contributed by atoms with Crippen molar-refractivity contribution >= 4 is 17.9 Å². The van der Waals surface area contributed by atoms with Crippen molar-refractivity contribution in [2.45, 2.75) is 6.42 Å². The fourth-order valence-corrected chi connectivity index (χ4v) is 0.897. The maximum atomic E-state index is 10.4. The lowest BCUT2D eigenvalue weighted by Gasteiger charge is -1.90. The van der Waals surface area contributed by atoms with Crippen LogP contribution in [0.2, 0.25) is 0 Å². The highest BCUT2D eigenvalue weighted by Gasteiger charge is 1.90. The highest BCUT2D eigenvalue weighted by Crippen LogP contribution is 1.98. The molecule has 1 aromatic rings. The summed E-state index contributed by atoms with van der Waals surface area (Å²) in [6, 6.07) is 1.70. The van der Waals surface area contributed by atoms with Gasteiger partial charge in [0, 0.05) is 35.8 Å². The van der Waals surface area contributed by atoms with Gasteiger partial charge in [-0.1, -0.05) is 11.8 Å². The molecule has 0 N–H and O–H groups in total. The minimum absolute atomic E-state index is 0.522. The summed E-state index contributed by atoms with van der Waals surface area (Å²) in [6.45, 7) is 0. The highest BCUT2D eigenvalue weighted by molar-refractivity contribution is 6.18. The molecule has 2 nitrogen and oxygen atoms in total. The molecule has 0 fully saturated rings. The first-order chi connectivity index (χ1) is 6.36. The van der Waals surface area contributed by atoms with Crippen molar-refractivity contribution in [2.75, 3.05) is 5.88 Å². The lowest BCUT2D eigenvalue weighted by Crippen LogP contribution is -1.84. The van der Waals surface area contributed by atoms with Gasteiger partial charge in [0.2, 0.25) is 0 Å². The summed E-state index contributed by atoms with van der Waals surface area (Å²) in [5, 5.41) is 0. The summed E-state index contributed by atoms with van der Waals surface area (Å²) in [6.07, 6.45) is 4.51. The molecule has 1 heterocycles. The molecule has 1 aromatic heterocycles. The number of hydrogen-bond acceptors (Lipinski definition) is 2. The molecule has 0 aliphatic heterocycles. The predicted octanol–water partition coefficient (Wildman–Crippen LogP) is 1.87. The van der Waals surface area contributed by atoms with Gasteiger partial charge >= 0.3 is 0 Å². The number of carbonyl (C=O) groups excluding carboxylic acids is 1. The van der Waals surface area contributed by atoms with Crippen LogP contribution in [0.25, 0.3) is 0 Å². The number of carbonyl (C=O) groups is 1. The number of rotatable bonds is 2. The van der Waals surface area contributed by atoms with Gasteiger partial charge in [-0.25, -0.2) is 0 Å². The zero-order valence-corrected chi connectivity index (χ0v) is 7.71. The molecule has 1 rings (SSSR count). The van der Waals surface area contributed by atoms with Gasteiger partial charge in [-0.2, -0.15) is 0 Å². The second-order valence-electron chi connectivity index (χ2n) is 2.37. The Kier molecular flexibility index (Phi) is 4.01. The maximum Gasteiger partial charge on any atom is 0.151 e. The zero-order valence-electron chi connectivity index (χ0n) is 6.96. The van der Waals surface area contributed by atoms with Crippen LogP contribution in [0.5, 0.6) is 0 Å². The van der Waals surface area contributed by atoms with E-state index in [4.69, 9.17) is 11.6 Å². The van der Waals surface area contributed by atoms with Gasteiger partial charge in [-0.3, -0.25) is 9.78 Å². The third-order valence-electron chi connectivity index (χ3n) is 1.35. The Labute approximate surface area is 81.9 Å². The molecule has 0 atom stereocenters. The van der Waals surface area contributed by atoms with Crippen LogP contribution in [-0.2, 0) is 0 Å². The lowest BCUT2D eigenvalue weighted by molar-refractivity contribution is 0.112. The van der Waals surface area contributed by atoms with E-state index in [0.717, 1.165) is 11.8 Å². The van der Waals surface area contributed by atoms with Crippen LogP contribution in [0.1, 0.15) is 22.3 Å². The molecule has 0 saturated carbocycles. The first-order valence-corrected chi connectivity index (χ1v) is 4.35. The summed E-state index contributed by atoms with van der Waals surface area (Å²) >= 11 is 5.45. The summed E-state index contributed by atoms with van der Waals surface area (Å²) in [5.41, 5.74) is 1.28. The molecule has 0 spiro atoms. The molecule has 0 amide bonds. The molecule has 0 aliphatic rings. The van der Waals surface area contributed by atoms with Gasteiger partial charge < -0.3 is 0 Å². The van der Waals surface area contributed by atoms with Gasteiger partial charge in [0.05, 0.1) is 0 Å². The van der Waals surface area contributed by atoms with Crippen molar-refractivity contribution in [3.8, 4) is 11.8 Å². The average molecular weight is 194 g/mol. The van der Waals surface area contributed by atoms with Crippen LogP contribution in [0.3, 0.4) is 0 Å². The molecule has 0 radical (unpaired) electrons. The quantitative estimate of drug-likeness (QED) is 0.408. The Balaban J connectivity index is 2.79. The number of alkyl halides is 1. The van der Waals surface area contributed by atoms with E-state index in [0.29, 0.717) is 17.9 Å². The van der Waals surface area contributed by atoms with E-state index >= 15 is 0 Å². The molecule has 66 valence electrons. The molecular formula is C10H8ClNO. The van der Waals surface area contributed by atoms with Gasteiger partial charge in [0.15, 0.2) is 6.29 Å². The van der Waals surface area contributed by atoms with E-state index in [1.807, 2.05) is 0 Å². The topological polar surface area (TPSA) is 30.0 Å². The summed E-state index contributed by atoms with van der Waals surface area (Å²) in [5.74, 6) is 6.25. The van der Waals surface area contributed by atoms with Gasteiger partial charge in [-0.15, -0.1) is 11.6 Å². The maximum absolute atomic E-state index is 10.4. The van der Waals surface area contributed by atoms with Crippen molar-refractivity contribution in [3.05, 3.63) is 29.6 Å². The van der Waals surface area contributed by atoms with Crippen LogP contribution < -0.4 is 0 Å². The van der Waals surface area contributed by atoms with Crippen molar-refractivity contribution in [1.29, 1.82) is 0 Å². The van der Waals surface area contributed by atoms with Gasteiger partial charge in [0.1, 0.15) is 0 Å². The first-order valence-electron chi connectivity index (χ1n) is 3.82. The van der Waals surface area contributed by atoms with Crippen molar-refractivity contribution in [1.82, 2.24) is 4.98 Å². The second kappa shape index (κ2) is 5.34. The van der Waals surface area contributed by atoms with E-state index in [1.54, 1.807) is 12.3 Å². The smallest absolute Gasteiger partial charge is 0.151 e. The zero-order chi connectivity index (χ0) is 9.52. The first kappa shape index (κ1) is 9.76. The molecule has 13 heavy (non-hydrogen) atoms. The molecule has 0 unspecified atom stereocenters. The molecule has 3 heteroatoms. The normalized spacial score (nSPS) is 8.69. The van der Waals surface area contributed by atoms with Crippen LogP contribution in [0.4, 0.5) is 0 Å². The minimum atomic E-state index is 0.522. The summed E-state index contributed by atoms with van der Waals surface area (Å²) < 4.78 is 0. The monoisotopic (exact) mass is 193 g/mol. The third-order valence-corrected chi connectivity index (χ3v) is 1.54.